The molecule has 5 heteroatoms. The molecule has 0 fully saturated rings. The van der Waals surface area contributed by atoms with Crippen LogP contribution in [0.3, 0.4) is 0 Å². The zero-order chi connectivity index (χ0) is 10.4. The summed E-state index contributed by atoms with van der Waals surface area (Å²) in [6.45, 7) is -0.167. The van der Waals surface area contributed by atoms with Crippen molar-refractivity contribution in [1.29, 1.82) is 0 Å². The van der Waals surface area contributed by atoms with Gasteiger partial charge in [0, 0.05) is 5.56 Å². The number of aliphatic hydroxyl groups is 1. The maximum atomic E-state index is 9.04. The van der Waals surface area contributed by atoms with Crippen molar-refractivity contribution in [3.8, 4) is 0 Å². The summed E-state index contributed by atoms with van der Waals surface area (Å²) in [6, 6.07) is 9.30. The number of nitrogens with two attached hydrogens (primary N) is 1. The quantitative estimate of drug-likeness (QED) is 0.378. The van der Waals surface area contributed by atoms with Gasteiger partial charge < -0.3 is 10.8 Å². The molecule has 0 aliphatic carbocycles. The summed E-state index contributed by atoms with van der Waals surface area (Å²) in [5, 5.41) is 13.0. The minimum Gasteiger partial charge on any atom is -0.390 e. The molecule has 14 heavy (non-hydrogen) atoms. The predicted molar refractivity (Wildman–Crippen MR) is 60.0 cm³/mol. The number of benzene rings is 1. The van der Waals surface area contributed by atoms with Crippen LogP contribution in [0, 0.1) is 0 Å². The second kappa shape index (κ2) is 5.31. The molecule has 0 aliphatic rings. The number of rotatable bonds is 3. The first kappa shape index (κ1) is 10.6. The van der Waals surface area contributed by atoms with Crippen LogP contribution in [0.2, 0.25) is 0 Å². The smallest absolute Gasteiger partial charge is 0.184 e. The van der Waals surface area contributed by atoms with Gasteiger partial charge >= 0.3 is 0 Å². The first-order valence-corrected chi connectivity index (χ1v) is 4.43. The highest BCUT2D eigenvalue weighted by Gasteiger charge is 2.00. The van der Waals surface area contributed by atoms with E-state index in [0.717, 1.165) is 5.56 Å². The Bertz CT molecular complexity index is 337. The number of hydrogen-bond donors (Lipinski definition) is 3. The number of nitrogens with one attached hydrogen (secondary N) is 1. The summed E-state index contributed by atoms with van der Waals surface area (Å²) in [6.07, 6.45) is 0. The molecule has 0 saturated heterocycles. The lowest BCUT2D eigenvalue weighted by atomic mass is 10.1. The topological polar surface area (TPSA) is 70.6 Å². The molecule has 4 nitrogen and oxygen atoms in total. The van der Waals surface area contributed by atoms with E-state index in [9.17, 15) is 0 Å². The van der Waals surface area contributed by atoms with E-state index in [1.807, 2.05) is 30.3 Å². The molecule has 0 atom stereocenters. The van der Waals surface area contributed by atoms with Gasteiger partial charge in [0.25, 0.3) is 0 Å². The Morgan fingerprint density at radius 2 is 2.07 bits per heavy atom. The molecule has 4 N–H and O–H groups in total. The van der Waals surface area contributed by atoms with Crippen molar-refractivity contribution < 1.29 is 5.11 Å². The largest absolute Gasteiger partial charge is 0.390 e. The fourth-order valence-electron chi connectivity index (χ4n) is 0.944. The molecule has 0 heterocycles. The lowest BCUT2D eigenvalue weighted by molar-refractivity contribution is 0.357. The maximum absolute atomic E-state index is 9.04. The van der Waals surface area contributed by atoms with Gasteiger partial charge in [-0.05, 0) is 12.2 Å². The Balaban J connectivity index is 2.82. The summed E-state index contributed by atoms with van der Waals surface area (Å²) in [7, 11) is 0. The van der Waals surface area contributed by atoms with Crippen molar-refractivity contribution >= 4 is 23.0 Å². The van der Waals surface area contributed by atoms with Crippen LogP contribution >= 0.6 is 12.2 Å². The van der Waals surface area contributed by atoms with Crippen LogP contribution in [0.5, 0.6) is 0 Å². The van der Waals surface area contributed by atoms with Gasteiger partial charge in [-0.3, -0.25) is 5.43 Å². The molecule has 0 saturated carbocycles. The monoisotopic (exact) mass is 209 g/mol. The zero-order valence-electron chi connectivity index (χ0n) is 7.47. The Kier molecular flexibility index (Phi) is 4.03. The third-order valence-electron chi connectivity index (χ3n) is 1.56. The lowest BCUT2D eigenvalue weighted by Gasteiger charge is -2.03. The van der Waals surface area contributed by atoms with Gasteiger partial charge in [-0.25, -0.2) is 0 Å². The van der Waals surface area contributed by atoms with Gasteiger partial charge in [0.2, 0.25) is 0 Å². The summed E-state index contributed by atoms with van der Waals surface area (Å²) in [5.74, 6) is 0. The molecule has 1 aromatic carbocycles. The minimum absolute atomic E-state index is 0.0758. The summed E-state index contributed by atoms with van der Waals surface area (Å²) >= 11 is 4.59. The molecule has 1 aromatic rings. The van der Waals surface area contributed by atoms with E-state index in [2.05, 4.69) is 22.7 Å². The number of nitrogens with zero attached hydrogens (tertiary/aromatic N) is 1. The van der Waals surface area contributed by atoms with E-state index in [1.54, 1.807) is 0 Å². The Morgan fingerprint density at radius 3 is 2.57 bits per heavy atom. The van der Waals surface area contributed by atoms with Crippen LogP contribution in [0.25, 0.3) is 0 Å². The minimum atomic E-state index is -0.167. The van der Waals surface area contributed by atoms with E-state index in [4.69, 9.17) is 10.8 Å². The van der Waals surface area contributed by atoms with E-state index >= 15 is 0 Å². The van der Waals surface area contributed by atoms with Crippen LogP contribution in [-0.2, 0) is 0 Å². The zero-order valence-corrected chi connectivity index (χ0v) is 8.29. The van der Waals surface area contributed by atoms with Crippen molar-refractivity contribution in [2.75, 3.05) is 6.61 Å². The third-order valence-corrected chi connectivity index (χ3v) is 1.65. The number of thiocarbonyl (C=S) groups is 1. The van der Waals surface area contributed by atoms with E-state index in [1.165, 1.54) is 0 Å². The molecular formula is C9H11N3OS. The highest BCUT2D eigenvalue weighted by atomic mass is 32.1. The van der Waals surface area contributed by atoms with Crippen LogP contribution in [0.15, 0.2) is 35.4 Å². The molecular weight excluding hydrogens is 198 g/mol. The lowest BCUT2D eigenvalue weighted by Crippen LogP contribution is -2.26. The van der Waals surface area contributed by atoms with Crippen LogP contribution in [0.4, 0.5) is 0 Å². The molecule has 0 amide bonds. The number of hydrogen-bond acceptors (Lipinski definition) is 3. The molecule has 0 bridgehead atoms. The van der Waals surface area contributed by atoms with Crippen molar-refractivity contribution in [2.24, 2.45) is 10.8 Å². The van der Waals surface area contributed by atoms with Gasteiger partial charge in [0.15, 0.2) is 5.11 Å². The van der Waals surface area contributed by atoms with Gasteiger partial charge in [-0.1, -0.05) is 30.3 Å². The van der Waals surface area contributed by atoms with Crippen LogP contribution in [0.1, 0.15) is 5.56 Å². The van der Waals surface area contributed by atoms with Gasteiger partial charge in [0.1, 0.15) is 0 Å². The van der Waals surface area contributed by atoms with Crippen LogP contribution in [-0.4, -0.2) is 22.5 Å². The van der Waals surface area contributed by atoms with Crippen molar-refractivity contribution in [1.82, 2.24) is 5.43 Å². The standard InChI is InChI=1S/C9H11N3OS/c10-9(14)12-11-8(6-13)7-4-2-1-3-5-7/h1-5,13H,6H2,(H3,10,12,14). The molecule has 0 unspecified atom stereocenters. The fraction of sp³-hybridized carbons (Fsp3) is 0.111. The van der Waals surface area contributed by atoms with Crippen molar-refractivity contribution in [2.45, 2.75) is 0 Å². The highest BCUT2D eigenvalue weighted by molar-refractivity contribution is 7.80. The fourth-order valence-corrected chi connectivity index (χ4v) is 0.990. The Morgan fingerprint density at radius 1 is 1.43 bits per heavy atom. The van der Waals surface area contributed by atoms with Gasteiger partial charge in [0.05, 0.1) is 12.3 Å². The number of hydrazone groups is 1. The Labute approximate surface area is 87.4 Å². The number of aliphatic hydroxyl groups excluding tert-OH is 1. The first-order chi connectivity index (χ1) is 6.74. The van der Waals surface area contributed by atoms with E-state index in [0.29, 0.717) is 5.71 Å². The molecule has 0 spiro atoms. The molecule has 74 valence electrons. The van der Waals surface area contributed by atoms with E-state index in [-0.39, 0.29) is 11.7 Å². The Hall–Kier alpha value is -1.46. The molecule has 0 aromatic heterocycles. The maximum Gasteiger partial charge on any atom is 0.184 e. The molecule has 0 radical (unpaired) electrons. The second-order valence-corrected chi connectivity index (χ2v) is 3.00. The SMILES string of the molecule is NC(=S)NN=C(CO)c1ccccc1. The predicted octanol–water partition coefficient (Wildman–Crippen LogP) is 0.216. The second-order valence-electron chi connectivity index (χ2n) is 2.56. The average Bonchev–Trinajstić information content (AvgIpc) is 2.20. The first-order valence-electron chi connectivity index (χ1n) is 4.02. The van der Waals surface area contributed by atoms with Crippen molar-refractivity contribution in [3.05, 3.63) is 35.9 Å². The van der Waals surface area contributed by atoms with E-state index < -0.39 is 0 Å². The molecule has 0 aliphatic heterocycles. The van der Waals surface area contributed by atoms with Gasteiger partial charge in [-0.2, -0.15) is 5.10 Å². The normalized spacial score (nSPS) is 11.1. The molecule has 1 rings (SSSR count). The third kappa shape index (κ3) is 3.12. The van der Waals surface area contributed by atoms with Crippen LogP contribution < -0.4 is 11.2 Å². The van der Waals surface area contributed by atoms with Crippen molar-refractivity contribution in [3.63, 3.8) is 0 Å². The van der Waals surface area contributed by atoms with Gasteiger partial charge in [-0.15, -0.1) is 0 Å². The summed E-state index contributed by atoms with van der Waals surface area (Å²) in [4.78, 5) is 0. The highest BCUT2D eigenvalue weighted by Crippen LogP contribution is 1.99. The average molecular weight is 209 g/mol. The summed E-state index contributed by atoms with van der Waals surface area (Å²) < 4.78 is 0. The summed E-state index contributed by atoms with van der Waals surface area (Å²) in [5.41, 5.74) is 8.97.